The van der Waals surface area contributed by atoms with Crippen molar-refractivity contribution in [2.75, 3.05) is 5.32 Å². The van der Waals surface area contributed by atoms with Crippen LogP contribution in [0.2, 0.25) is 10.0 Å². The second kappa shape index (κ2) is 4.39. The number of anilines is 1. The lowest BCUT2D eigenvalue weighted by molar-refractivity contribution is -0.120. The van der Waals surface area contributed by atoms with Crippen LogP contribution in [-0.2, 0) is 4.79 Å². The molecule has 0 heterocycles. The van der Waals surface area contributed by atoms with Gasteiger partial charge in [0.1, 0.15) is 0 Å². The Morgan fingerprint density at radius 2 is 1.73 bits per heavy atom. The van der Waals surface area contributed by atoms with Crippen molar-refractivity contribution in [2.45, 2.75) is 19.4 Å². The smallest absolute Gasteiger partial charge is 0.243 e. The number of benzene rings is 1. The van der Waals surface area contributed by atoms with Gasteiger partial charge in [-0.15, -0.1) is 0 Å². The zero-order valence-electron chi connectivity index (χ0n) is 8.47. The highest BCUT2D eigenvalue weighted by molar-refractivity contribution is 6.35. The molecule has 0 bridgehead atoms. The van der Waals surface area contributed by atoms with Gasteiger partial charge in [0.15, 0.2) is 0 Å². The Morgan fingerprint density at radius 1 is 1.27 bits per heavy atom. The quantitative estimate of drug-likeness (QED) is 0.844. The molecule has 0 aromatic heterocycles. The molecule has 0 atom stereocenters. The Bertz CT molecular complexity index is 365. The fourth-order valence-corrected chi connectivity index (χ4v) is 1.44. The summed E-state index contributed by atoms with van der Waals surface area (Å²) in [4.78, 5) is 11.5. The van der Waals surface area contributed by atoms with Gasteiger partial charge in [0.25, 0.3) is 0 Å². The summed E-state index contributed by atoms with van der Waals surface area (Å²) >= 11 is 11.6. The molecule has 0 aliphatic heterocycles. The standard InChI is InChI=1S/C10H12Cl2N2O/c1-10(2,13)9(15)14-8-4-6(11)3-7(12)5-8/h3-5H,13H2,1-2H3,(H,14,15). The van der Waals surface area contributed by atoms with Gasteiger partial charge in [-0.1, -0.05) is 23.2 Å². The highest BCUT2D eigenvalue weighted by Crippen LogP contribution is 2.22. The van der Waals surface area contributed by atoms with Gasteiger partial charge in [0, 0.05) is 15.7 Å². The highest BCUT2D eigenvalue weighted by Gasteiger charge is 2.21. The summed E-state index contributed by atoms with van der Waals surface area (Å²) in [6, 6.07) is 4.81. The molecule has 5 heteroatoms. The number of carbonyl (C=O) groups excluding carboxylic acids is 1. The molecule has 0 fully saturated rings. The van der Waals surface area contributed by atoms with Crippen molar-refractivity contribution in [3.05, 3.63) is 28.2 Å². The summed E-state index contributed by atoms with van der Waals surface area (Å²) < 4.78 is 0. The van der Waals surface area contributed by atoms with Crippen LogP contribution in [0.15, 0.2) is 18.2 Å². The summed E-state index contributed by atoms with van der Waals surface area (Å²) in [6.07, 6.45) is 0. The first-order valence-corrected chi connectivity index (χ1v) is 5.11. The lowest BCUT2D eigenvalue weighted by Gasteiger charge is -2.17. The Kier molecular flexibility index (Phi) is 3.60. The number of hydrogen-bond donors (Lipinski definition) is 2. The number of nitrogens with one attached hydrogen (secondary N) is 1. The largest absolute Gasteiger partial charge is 0.324 e. The summed E-state index contributed by atoms with van der Waals surface area (Å²) in [5, 5.41) is 3.56. The van der Waals surface area contributed by atoms with Crippen LogP contribution in [-0.4, -0.2) is 11.4 Å². The minimum atomic E-state index is -0.936. The molecular weight excluding hydrogens is 235 g/mol. The average Bonchev–Trinajstić information content (AvgIpc) is 1.99. The van der Waals surface area contributed by atoms with E-state index < -0.39 is 5.54 Å². The minimum absolute atomic E-state index is 0.291. The van der Waals surface area contributed by atoms with Gasteiger partial charge in [-0.25, -0.2) is 0 Å². The molecule has 3 nitrogen and oxygen atoms in total. The molecule has 1 amide bonds. The van der Waals surface area contributed by atoms with Gasteiger partial charge in [0.2, 0.25) is 5.91 Å². The Morgan fingerprint density at radius 3 is 2.13 bits per heavy atom. The van der Waals surface area contributed by atoms with Crippen LogP contribution < -0.4 is 11.1 Å². The summed E-state index contributed by atoms with van der Waals surface area (Å²) in [6.45, 7) is 3.24. The summed E-state index contributed by atoms with van der Waals surface area (Å²) in [5.74, 6) is -0.291. The van der Waals surface area contributed by atoms with Crippen LogP contribution in [0.4, 0.5) is 5.69 Å². The van der Waals surface area contributed by atoms with E-state index in [1.54, 1.807) is 32.0 Å². The molecule has 15 heavy (non-hydrogen) atoms. The molecule has 3 N–H and O–H groups in total. The van der Waals surface area contributed by atoms with Gasteiger partial charge in [-0.2, -0.15) is 0 Å². The highest BCUT2D eigenvalue weighted by atomic mass is 35.5. The van der Waals surface area contributed by atoms with E-state index in [2.05, 4.69) is 5.32 Å². The third-order valence-corrected chi connectivity index (χ3v) is 2.14. The van der Waals surface area contributed by atoms with E-state index >= 15 is 0 Å². The molecule has 1 aromatic carbocycles. The third kappa shape index (κ3) is 3.70. The first-order valence-electron chi connectivity index (χ1n) is 4.35. The molecule has 0 aliphatic rings. The fourth-order valence-electron chi connectivity index (χ4n) is 0.918. The second-order valence-corrected chi connectivity index (χ2v) is 4.71. The van der Waals surface area contributed by atoms with Crippen molar-refractivity contribution < 1.29 is 4.79 Å². The molecule has 0 saturated carbocycles. The molecule has 82 valence electrons. The number of halogens is 2. The lowest BCUT2D eigenvalue weighted by Crippen LogP contribution is -2.45. The van der Waals surface area contributed by atoms with Gasteiger partial charge in [-0.05, 0) is 32.0 Å². The lowest BCUT2D eigenvalue weighted by atomic mass is 10.1. The number of carbonyl (C=O) groups is 1. The first kappa shape index (κ1) is 12.3. The third-order valence-electron chi connectivity index (χ3n) is 1.71. The number of rotatable bonds is 2. The molecular formula is C10H12Cl2N2O. The van der Waals surface area contributed by atoms with Gasteiger partial charge in [0.05, 0.1) is 5.54 Å². The van der Waals surface area contributed by atoms with Crippen LogP contribution in [0.3, 0.4) is 0 Å². The Balaban J connectivity index is 2.86. The topological polar surface area (TPSA) is 55.1 Å². The van der Waals surface area contributed by atoms with Crippen molar-refractivity contribution in [1.82, 2.24) is 0 Å². The maximum atomic E-state index is 11.5. The Labute approximate surface area is 98.5 Å². The molecule has 1 aromatic rings. The summed E-state index contributed by atoms with van der Waals surface area (Å²) in [7, 11) is 0. The molecule has 1 rings (SSSR count). The number of hydrogen-bond acceptors (Lipinski definition) is 2. The monoisotopic (exact) mass is 246 g/mol. The van der Waals surface area contributed by atoms with Gasteiger partial charge < -0.3 is 11.1 Å². The van der Waals surface area contributed by atoms with Crippen molar-refractivity contribution in [3.63, 3.8) is 0 Å². The number of nitrogens with two attached hydrogens (primary N) is 1. The van der Waals surface area contributed by atoms with Crippen LogP contribution >= 0.6 is 23.2 Å². The fraction of sp³-hybridized carbons (Fsp3) is 0.300. The average molecular weight is 247 g/mol. The molecule has 0 unspecified atom stereocenters. The van der Waals surface area contributed by atoms with E-state index in [9.17, 15) is 4.79 Å². The van der Waals surface area contributed by atoms with Crippen LogP contribution in [0.25, 0.3) is 0 Å². The van der Waals surface area contributed by atoms with E-state index in [0.29, 0.717) is 15.7 Å². The molecule has 0 saturated heterocycles. The van der Waals surface area contributed by atoms with E-state index in [-0.39, 0.29) is 5.91 Å². The zero-order valence-corrected chi connectivity index (χ0v) is 9.99. The maximum Gasteiger partial charge on any atom is 0.243 e. The van der Waals surface area contributed by atoms with Crippen LogP contribution in [0.1, 0.15) is 13.8 Å². The van der Waals surface area contributed by atoms with Gasteiger partial charge >= 0.3 is 0 Å². The van der Waals surface area contributed by atoms with Crippen molar-refractivity contribution in [1.29, 1.82) is 0 Å². The van der Waals surface area contributed by atoms with E-state index in [0.717, 1.165) is 0 Å². The van der Waals surface area contributed by atoms with Crippen LogP contribution in [0, 0.1) is 0 Å². The van der Waals surface area contributed by atoms with Gasteiger partial charge in [-0.3, -0.25) is 4.79 Å². The first-order chi connectivity index (χ1) is 6.79. The van der Waals surface area contributed by atoms with E-state index in [1.165, 1.54) is 0 Å². The van der Waals surface area contributed by atoms with Crippen molar-refractivity contribution in [2.24, 2.45) is 5.73 Å². The maximum absolute atomic E-state index is 11.5. The normalized spacial score (nSPS) is 11.3. The molecule has 0 spiro atoms. The predicted molar refractivity (Wildman–Crippen MR) is 63.4 cm³/mol. The SMILES string of the molecule is CC(C)(N)C(=O)Nc1cc(Cl)cc(Cl)c1. The minimum Gasteiger partial charge on any atom is -0.324 e. The van der Waals surface area contributed by atoms with E-state index in [4.69, 9.17) is 28.9 Å². The zero-order chi connectivity index (χ0) is 11.6. The summed E-state index contributed by atoms with van der Waals surface area (Å²) in [5.41, 5.74) is 5.23. The van der Waals surface area contributed by atoms with Crippen molar-refractivity contribution >= 4 is 34.8 Å². The number of amides is 1. The molecule has 0 aliphatic carbocycles. The van der Waals surface area contributed by atoms with Crippen LogP contribution in [0.5, 0.6) is 0 Å². The molecule has 0 radical (unpaired) electrons. The predicted octanol–water partition coefficient (Wildman–Crippen LogP) is 2.67. The Hall–Kier alpha value is -0.770. The van der Waals surface area contributed by atoms with Crippen molar-refractivity contribution in [3.8, 4) is 0 Å². The van der Waals surface area contributed by atoms with E-state index in [1.807, 2.05) is 0 Å². The second-order valence-electron chi connectivity index (χ2n) is 3.83.